The molecule has 118 valence electrons. The van der Waals surface area contributed by atoms with Crippen LogP contribution < -0.4 is 0 Å². The molecule has 2 fully saturated rings. The number of carbonyl (C=O) groups is 2. The number of hydrogen-bond donors (Lipinski definition) is 0. The lowest BCUT2D eigenvalue weighted by atomic mass is 9.98. The van der Waals surface area contributed by atoms with Crippen molar-refractivity contribution in [3.05, 3.63) is 12.2 Å². The Morgan fingerprint density at radius 3 is 2.62 bits per heavy atom. The van der Waals surface area contributed by atoms with E-state index in [1.165, 1.54) is 19.3 Å². The number of esters is 2. The van der Waals surface area contributed by atoms with Crippen LogP contribution in [0, 0.1) is 11.8 Å². The average molecular weight is 296 g/mol. The quantitative estimate of drug-likeness (QED) is 0.410. The molecule has 0 aromatic carbocycles. The van der Waals surface area contributed by atoms with Crippen LogP contribution in [0.3, 0.4) is 0 Å². The van der Waals surface area contributed by atoms with Crippen molar-refractivity contribution < 1.29 is 23.8 Å². The van der Waals surface area contributed by atoms with Crippen molar-refractivity contribution in [1.29, 1.82) is 0 Å². The van der Waals surface area contributed by atoms with Crippen LogP contribution in [-0.2, 0) is 23.8 Å². The zero-order valence-corrected chi connectivity index (χ0v) is 12.8. The molecule has 0 N–H and O–H groups in total. The molecule has 2 bridgehead atoms. The summed E-state index contributed by atoms with van der Waals surface area (Å²) >= 11 is 0. The molecule has 0 aromatic heterocycles. The van der Waals surface area contributed by atoms with Gasteiger partial charge in [0.25, 0.3) is 0 Å². The molecule has 0 radical (unpaired) electrons. The highest BCUT2D eigenvalue weighted by Crippen LogP contribution is 2.45. The Labute approximate surface area is 125 Å². The van der Waals surface area contributed by atoms with Gasteiger partial charge >= 0.3 is 11.9 Å². The fraction of sp³-hybridized carbons (Fsp3) is 0.750. The predicted molar refractivity (Wildman–Crippen MR) is 76.3 cm³/mol. The lowest BCUT2D eigenvalue weighted by Crippen LogP contribution is -2.24. The third kappa shape index (κ3) is 4.56. The molecule has 0 amide bonds. The van der Waals surface area contributed by atoms with Crippen molar-refractivity contribution >= 4 is 11.9 Å². The lowest BCUT2D eigenvalue weighted by Gasteiger charge is -2.21. The molecule has 0 aromatic rings. The highest BCUT2D eigenvalue weighted by Gasteiger charge is 2.40. The summed E-state index contributed by atoms with van der Waals surface area (Å²) in [7, 11) is 0. The molecule has 0 aliphatic heterocycles. The fourth-order valence-corrected chi connectivity index (χ4v) is 3.20. The van der Waals surface area contributed by atoms with Crippen molar-refractivity contribution in [2.24, 2.45) is 11.8 Å². The summed E-state index contributed by atoms with van der Waals surface area (Å²) in [6, 6.07) is 0. The molecule has 2 unspecified atom stereocenters. The van der Waals surface area contributed by atoms with Crippen molar-refractivity contribution in [3.8, 4) is 0 Å². The van der Waals surface area contributed by atoms with Gasteiger partial charge in [0.15, 0.2) is 6.79 Å². The van der Waals surface area contributed by atoms with Crippen LogP contribution in [0.15, 0.2) is 12.2 Å². The van der Waals surface area contributed by atoms with Crippen LogP contribution in [0.4, 0.5) is 0 Å². The van der Waals surface area contributed by atoms with Gasteiger partial charge in [0.2, 0.25) is 0 Å². The molecule has 2 aliphatic carbocycles. The first-order valence-electron chi connectivity index (χ1n) is 7.59. The highest BCUT2D eigenvalue weighted by atomic mass is 16.7. The van der Waals surface area contributed by atoms with Gasteiger partial charge in [-0.3, -0.25) is 4.79 Å². The van der Waals surface area contributed by atoms with Gasteiger partial charge < -0.3 is 14.2 Å². The second-order valence-electron chi connectivity index (χ2n) is 6.21. The van der Waals surface area contributed by atoms with E-state index in [4.69, 9.17) is 14.2 Å². The maximum atomic E-state index is 11.6. The van der Waals surface area contributed by atoms with E-state index < -0.39 is 18.0 Å². The molecule has 2 saturated carbocycles. The molecule has 21 heavy (non-hydrogen) atoms. The molecule has 0 heterocycles. The van der Waals surface area contributed by atoms with Crippen LogP contribution >= 0.6 is 0 Å². The van der Waals surface area contributed by atoms with Gasteiger partial charge in [0.1, 0.15) is 6.10 Å². The van der Waals surface area contributed by atoms with Crippen LogP contribution in [-0.4, -0.2) is 30.9 Å². The van der Waals surface area contributed by atoms with Gasteiger partial charge in [0.05, 0.1) is 12.5 Å². The molecular formula is C16H24O5. The highest BCUT2D eigenvalue weighted by molar-refractivity contribution is 5.87. The van der Waals surface area contributed by atoms with Crippen molar-refractivity contribution in [2.75, 3.05) is 6.79 Å². The van der Waals surface area contributed by atoms with Crippen LogP contribution in [0.2, 0.25) is 0 Å². The first-order chi connectivity index (χ1) is 9.95. The van der Waals surface area contributed by atoms with Gasteiger partial charge in [0, 0.05) is 5.57 Å². The van der Waals surface area contributed by atoms with Gasteiger partial charge in [-0.25, -0.2) is 4.79 Å². The molecule has 2 aliphatic rings. The normalized spacial score (nSPS) is 28.2. The summed E-state index contributed by atoms with van der Waals surface area (Å²) in [5, 5.41) is 0. The Balaban J connectivity index is 1.59. The lowest BCUT2D eigenvalue weighted by molar-refractivity contribution is -0.166. The fourth-order valence-electron chi connectivity index (χ4n) is 3.20. The van der Waals surface area contributed by atoms with E-state index in [1.54, 1.807) is 13.8 Å². The molecule has 0 spiro atoms. The Morgan fingerprint density at radius 2 is 2.05 bits per heavy atom. The van der Waals surface area contributed by atoms with E-state index in [-0.39, 0.29) is 19.3 Å². The summed E-state index contributed by atoms with van der Waals surface area (Å²) in [4.78, 5) is 22.9. The Hall–Kier alpha value is -1.36. The maximum absolute atomic E-state index is 11.6. The molecule has 5 heteroatoms. The van der Waals surface area contributed by atoms with Gasteiger partial charge in [-0.05, 0) is 51.4 Å². The average Bonchev–Trinajstić information content (AvgIpc) is 3.00. The predicted octanol–water partition coefficient (Wildman–Crippen LogP) is 2.59. The summed E-state index contributed by atoms with van der Waals surface area (Å²) in [6.45, 7) is 6.70. The number of hydrogen-bond acceptors (Lipinski definition) is 5. The van der Waals surface area contributed by atoms with E-state index in [0.717, 1.165) is 12.3 Å². The van der Waals surface area contributed by atoms with Gasteiger partial charge in [-0.2, -0.15) is 0 Å². The number of ether oxygens (including phenoxy) is 3. The summed E-state index contributed by atoms with van der Waals surface area (Å²) < 4.78 is 15.7. The SMILES string of the molecule is C=C(C)C(=O)OC(C)CC(=O)OCOC1C[C@H]2CC[C@@H]1C2. The van der Waals surface area contributed by atoms with E-state index in [9.17, 15) is 9.59 Å². The zero-order valence-electron chi connectivity index (χ0n) is 12.8. The van der Waals surface area contributed by atoms with Crippen molar-refractivity contribution in [2.45, 2.75) is 58.2 Å². The van der Waals surface area contributed by atoms with E-state index in [2.05, 4.69) is 6.58 Å². The molecule has 0 saturated heterocycles. The van der Waals surface area contributed by atoms with Crippen LogP contribution in [0.25, 0.3) is 0 Å². The smallest absolute Gasteiger partial charge is 0.333 e. The first kappa shape index (κ1) is 16.0. The monoisotopic (exact) mass is 296 g/mol. The largest absolute Gasteiger partial charge is 0.459 e. The topological polar surface area (TPSA) is 61.8 Å². The summed E-state index contributed by atoms with van der Waals surface area (Å²) in [5.74, 6) is 0.537. The van der Waals surface area contributed by atoms with E-state index in [0.29, 0.717) is 11.5 Å². The Morgan fingerprint density at radius 1 is 1.29 bits per heavy atom. The summed E-state index contributed by atoms with van der Waals surface area (Å²) in [5.41, 5.74) is 0.315. The third-order valence-corrected chi connectivity index (χ3v) is 4.29. The van der Waals surface area contributed by atoms with Crippen molar-refractivity contribution in [3.63, 3.8) is 0 Å². The Kier molecular flexibility index (Phi) is 5.39. The standard InChI is InChI=1S/C16H24O5/c1-10(2)16(18)21-11(3)6-15(17)20-9-19-14-8-12-4-5-13(14)7-12/h11-14H,1,4-9H2,2-3H3/t11?,12-,13+,14?/m0/s1. The third-order valence-electron chi connectivity index (χ3n) is 4.29. The van der Waals surface area contributed by atoms with Crippen LogP contribution in [0.5, 0.6) is 0 Å². The Bertz CT molecular complexity index is 417. The van der Waals surface area contributed by atoms with Crippen LogP contribution in [0.1, 0.15) is 46.0 Å². The minimum atomic E-state index is -0.524. The second kappa shape index (κ2) is 7.07. The minimum Gasteiger partial charge on any atom is -0.459 e. The van der Waals surface area contributed by atoms with Gasteiger partial charge in [-0.1, -0.05) is 6.58 Å². The molecular weight excluding hydrogens is 272 g/mol. The van der Waals surface area contributed by atoms with Gasteiger partial charge in [-0.15, -0.1) is 0 Å². The zero-order chi connectivity index (χ0) is 15.4. The molecule has 4 atom stereocenters. The first-order valence-corrected chi connectivity index (χ1v) is 7.59. The maximum Gasteiger partial charge on any atom is 0.333 e. The van der Waals surface area contributed by atoms with E-state index >= 15 is 0 Å². The number of fused-ring (bicyclic) bond motifs is 2. The molecule has 2 rings (SSSR count). The van der Waals surface area contributed by atoms with E-state index in [1.807, 2.05) is 0 Å². The summed E-state index contributed by atoms with van der Waals surface area (Å²) in [6.07, 6.45) is 4.65. The second-order valence-corrected chi connectivity index (χ2v) is 6.21. The number of carbonyl (C=O) groups excluding carboxylic acids is 2. The molecule has 5 nitrogen and oxygen atoms in total. The number of rotatable bonds is 7. The minimum absolute atomic E-state index is 0.00608. The van der Waals surface area contributed by atoms with Crippen molar-refractivity contribution in [1.82, 2.24) is 0 Å².